The second kappa shape index (κ2) is 5.57. The van der Waals surface area contributed by atoms with Crippen LogP contribution in [0.2, 0.25) is 0 Å². The Morgan fingerprint density at radius 2 is 1.94 bits per heavy atom. The molecule has 100 valence electrons. The van der Waals surface area contributed by atoms with Crippen molar-refractivity contribution in [3.05, 3.63) is 0 Å². The van der Waals surface area contributed by atoms with Gasteiger partial charge in [-0.25, -0.2) is 0 Å². The van der Waals surface area contributed by atoms with Crippen LogP contribution in [0, 0.1) is 5.41 Å². The Hall–Kier alpha value is -0.280. The summed E-state index contributed by atoms with van der Waals surface area (Å²) in [6, 6.07) is 0. The molecule has 4 heteroatoms. The summed E-state index contributed by atoms with van der Waals surface area (Å²) in [6.07, 6.45) is 6.79. The zero-order valence-electron chi connectivity index (χ0n) is 11.0. The molecule has 0 spiro atoms. The van der Waals surface area contributed by atoms with Crippen LogP contribution in [0.15, 0.2) is 0 Å². The third kappa shape index (κ3) is 2.94. The van der Waals surface area contributed by atoms with Crippen molar-refractivity contribution in [3.8, 4) is 0 Å². The molecule has 0 aromatic carbocycles. The summed E-state index contributed by atoms with van der Waals surface area (Å²) in [5, 5.41) is 6.55. The summed E-state index contributed by atoms with van der Waals surface area (Å²) in [6.45, 7) is 6.19. The first kappa shape index (κ1) is 14.8. The van der Waals surface area contributed by atoms with Gasteiger partial charge in [-0.1, -0.05) is 13.8 Å². The molecule has 0 bridgehead atoms. The SMILES string of the molecule is CCC1(CNC(=O)C2(CC)CCCN2)CC1.Cl. The highest BCUT2D eigenvalue weighted by Gasteiger charge is 2.43. The van der Waals surface area contributed by atoms with Gasteiger partial charge in [0.05, 0.1) is 5.54 Å². The summed E-state index contributed by atoms with van der Waals surface area (Å²) in [5.41, 5.74) is 0.188. The van der Waals surface area contributed by atoms with Crippen molar-refractivity contribution in [2.45, 2.75) is 57.9 Å². The van der Waals surface area contributed by atoms with Crippen LogP contribution in [0.5, 0.6) is 0 Å². The van der Waals surface area contributed by atoms with Gasteiger partial charge in [0.25, 0.3) is 0 Å². The minimum atomic E-state index is -0.260. The average molecular weight is 261 g/mol. The van der Waals surface area contributed by atoms with E-state index in [0.717, 1.165) is 32.4 Å². The fourth-order valence-electron chi connectivity index (χ4n) is 2.73. The van der Waals surface area contributed by atoms with Gasteiger partial charge in [0, 0.05) is 6.54 Å². The van der Waals surface area contributed by atoms with Gasteiger partial charge in [-0.2, -0.15) is 0 Å². The quantitative estimate of drug-likeness (QED) is 0.796. The molecule has 1 saturated carbocycles. The number of amides is 1. The lowest BCUT2D eigenvalue weighted by molar-refractivity contribution is -0.127. The second-order valence-electron chi connectivity index (χ2n) is 5.50. The number of hydrogen-bond donors (Lipinski definition) is 2. The van der Waals surface area contributed by atoms with Crippen LogP contribution in [-0.4, -0.2) is 24.5 Å². The van der Waals surface area contributed by atoms with Crippen molar-refractivity contribution >= 4 is 18.3 Å². The van der Waals surface area contributed by atoms with Gasteiger partial charge in [0.1, 0.15) is 0 Å². The van der Waals surface area contributed by atoms with Crippen LogP contribution in [0.4, 0.5) is 0 Å². The lowest BCUT2D eigenvalue weighted by Crippen LogP contribution is -2.54. The average Bonchev–Trinajstić information content (AvgIpc) is 2.94. The molecule has 2 N–H and O–H groups in total. The topological polar surface area (TPSA) is 41.1 Å². The highest BCUT2D eigenvalue weighted by Crippen LogP contribution is 2.47. The van der Waals surface area contributed by atoms with Crippen LogP contribution in [-0.2, 0) is 4.79 Å². The highest BCUT2D eigenvalue weighted by atomic mass is 35.5. The van der Waals surface area contributed by atoms with Crippen molar-refractivity contribution < 1.29 is 4.79 Å². The van der Waals surface area contributed by atoms with Crippen molar-refractivity contribution in [1.82, 2.24) is 10.6 Å². The number of rotatable bonds is 5. The van der Waals surface area contributed by atoms with Gasteiger partial charge >= 0.3 is 0 Å². The first-order valence-electron chi connectivity index (χ1n) is 6.70. The van der Waals surface area contributed by atoms with E-state index in [2.05, 4.69) is 24.5 Å². The van der Waals surface area contributed by atoms with E-state index >= 15 is 0 Å². The lowest BCUT2D eigenvalue weighted by Gasteiger charge is -2.27. The molecule has 0 aromatic heterocycles. The second-order valence-corrected chi connectivity index (χ2v) is 5.50. The zero-order valence-corrected chi connectivity index (χ0v) is 11.8. The number of carbonyl (C=O) groups excluding carboxylic acids is 1. The van der Waals surface area contributed by atoms with E-state index < -0.39 is 0 Å². The summed E-state index contributed by atoms with van der Waals surface area (Å²) < 4.78 is 0. The van der Waals surface area contributed by atoms with Gasteiger partial charge in [0.15, 0.2) is 0 Å². The van der Waals surface area contributed by atoms with Gasteiger partial charge in [0.2, 0.25) is 5.91 Å². The molecule has 3 nitrogen and oxygen atoms in total. The number of halogens is 1. The Morgan fingerprint density at radius 1 is 1.24 bits per heavy atom. The summed E-state index contributed by atoms with van der Waals surface area (Å²) in [4.78, 5) is 12.2. The smallest absolute Gasteiger partial charge is 0.240 e. The first-order chi connectivity index (χ1) is 7.66. The van der Waals surface area contributed by atoms with Crippen molar-refractivity contribution in [2.75, 3.05) is 13.1 Å². The molecular formula is C13H25ClN2O. The number of hydrogen-bond acceptors (Lipinski definition) is 2. The molecule has 1 unspecified atom stereocenters. The molecule has 2 fully saturated rings. The molecule has 1 amide bonds. The molecule has 1 atom stereocenters. The molecule has 1 saturated heterocycles. The van der Waals surface area contributed by atoms with Gasteiger partial charge in [-0.15, -0.1) is 12.4 Å². The van der Waals surface area contributed by atoms with Crippen molar-refractivity contribution in [1.29, 1.82) is 0 Å². The molecule has 0 radical (unpaired) electrons. The highest BCUT2D eigenvalue weighted by molar-refractivity contribution is 5.86. The summed E-state index contributed by atoms with van der Waals surface area (Å²) in [7, 11) is 0. The Kier molecular flexibility index (Phi) is 4.85. The molecule has 0 aromatic rings. The summed E-state index contributed by atoms with van der Waals surface area (Å²) in [5.74, 6) is 0.229. The third-order valence-electron chi connectivity index (χ3n) is 4.61. The normalized spacial score (nSPS) is 29.5. The van der Waals surface area contributed by atoms with E-state index in [0.29, 0.717) is 5.41 Å². The fraction of sp³-hybridized carbons (Fsp3) is 0.923. The molecule has 2 aliphatic rings. The van der Waals surface area contributed by atoms with Gasteiger partial charge < -0.3 is 10.6 Å². The molecular weight excluding hydrogens is 236 g/mol. The standard InChI is InChI=1S/C13H24N2O.ClH/c1-3-12(7-8-12)10-14-11(16)13(4-2)6-5-9-15-13;/h15H,3-10H2,1-2H3,(H,14,16);1H. The molecule has 17 heavy (non-hydrogen) atoms. The van der Waals surface area contributed by atoms with Crippen molar-refractivity contribution in [2.24, 2.45) is 5.41 Å². The monoisotopic (exact) mass is 260 g/mol. The zero-order chi connectivity index (χ0) is 11.6. The summed E-state index contributed by atoms with van der Waals surface area (Å²) >= 11 is 0. The minimum absolute atomic E-state index is 0. The predicted octanol–water partition coefficient (Wildman–Crippen LogP) is 2.25. The van der Waals surface area contributed by atoms with E-state index in [-0.39, 0.29) is 23.9 Å². The van der Waals surface area contributed by atoms with Gasteiger partial charge in [-0.3, -0.25) is 4.79 Å². The largest absolute Gasteiger partial charge is 0.354 e. The maximum absolute atomic E-state index is 12.2. The maximum atomic E-state index is 12.2. The Balaban J connectivity index is 0.00000144. The molecule has 2 rings (SSSR count). The molecule has 1 aliphatic heterocycles. The Labute approximate surface area is 111 Å². The van der Waals surface area contributed by atoms with Crippen LogP contribution in [0.3, 0.4) is 0 Å². The number of nitrogens with one attached hydrogen (secondary N) is 2. The minimum Gasteiger partial charge on any atom is -0.354 e. The Bertz CT molecular complexity index is 271. The fourth-order valence-corrected chi connectivity index (χ4v) is 2.73. The van der Waals surface area contributed by atoms with E-state index in [4.69, 9.17) is 0 Å². The lowest BCUT2D eigenvalue weighted by atomic mass is 9.92. The Morgan fingerprint density at radius 3 is 2.35 bits per heavy atom. The van der Waals surface area contributed by atoms with Crippen LogP contribution < -0.4 is 10.6 Å². The first-order valence-corrected chi connectivity index (χ1v) is 6.70. The number of carbonyl (C=O) groups is 1. The van der Waals surface area contributed by atoms with E-state index in [1.165, 1.54) is 19.3 Å². The van der Waals surface area contributed by atoms with Crippen LogP contribution >= 0.6 is 12.4 Å². The maximum Gasteiger partial charge on any atom is 0.240 e. The third-order valence-corrected chi connectivity index (χ3v) is 4.61. The predicted molar refractivity (Wildman–Crippen MR) is 72.5 cm³/mol. The van der Waals surface area contributed by atoms with Crippen LogP contribution in [0.25, 0.3) is 0 Å². The van der Waals surface area contributed by atoms with Gasteiger partial charge in [-0.05, 0) is 50.5 Å². The molecule has 1 heterocycles. The van der Waals surface area contributed by atoms with Crippen LogP contribution in [0.1, 0.15) is 52.4 Å². The van der Waals surface area contributed by atoms with E-state index in [1.807, 2.05) is 0 Å². The van der Waals surface area contributed by atoms with E-state index in [9.17, 15) is 4.79 Å². The van der Waals surface area contributed by atoms with Crippen molar-refractivity contribution in [3.63, 3.8) is 0 Å². The molecule has 1 aliphatic carbocycles. The van der Waals surface area contributed by atoms with E-state index in [1.54, 1.807) is 0 Å².